The molecule has 0 aromatic rings. The first-order chi connectivity index (χ1) is 4.83. The van der Waals surface area contributed by atoms with Crippen LogP contribution in [-0.4, -0.2) is 11.5 Å². The zero-order valence-electron chi connectivity index (χ0n) is 7.15. The van der Waals surface area contributed by atoms with Gasteiger partial charge in [0.05, 0.1) is 0 Å². The average Bonchev–Trinajstić information content (AvgIpc) is 1.77. The molecule has 0 saturated carbocycles. The Balaban J connectivity index is 2.94. The van der Waals surface area contributed by atoms with Gasteiger partial charge in [-0.3, -0.25) is 4.79 Å². The molecule has 0 aromatic heterocycles. The fraction of sp³-hybridized carbons (Fsp3) is 0.667. The number of alkyl halides is 1. The van der Waals surface area contributed by atoms with Gasteiger partial charge in [-0.15, -0.1) is 0 Å². The lowest BCUT2D eigenvalue weighted by Crippen LogP contribution is -2.37. The van der Waals surface area contributed by atoms with Gasteiger partial charge in [-0.25, -0.2) is 4.39 Å². The van der Waals surface area contributed by atoms with E-state index in [9.17, 15) is 9.18 Å². The smallest absolute Gasteiger partial charge is 0.192 e. The summed E-state index contributed by atoms with van der Waals surface area (Å²) >= 11 is 0. The third-order valence-electron chi connectivity index (χ3n) is 1.99. The van der Waals surface area contributed by atoms with Crippen LogP contribution in [0.15, 0.2) is 12.2 Å². The maximum absolute atomic E-state index is 13.4. The maximum Gasteiger partial charge on any atom is 0.192 e. The molecule has 0 fully saturated rings. The van der Waals surface area contributed by atoms with Crippen molar-refractivity contribution in [2.75, 3.05) is 0 Å². The van der Waals surface area contributed by atoms with E-state index in [1.54, 1.807) is 6.08 Å². The molecular formula is C9H13FO. The van der Waals surface area contributed by atoms with Gasteiger partial charge in [0.1, 0.15) is 0 Å². The molecule has 0 heterocycles. The van der Waals surface area contributed by atoms with Gasteiger partial charge in [0, 0.05) is 0 Å². The summed E-state index contributed by atoms with van der Waals surface area (Å²) in [5, 5.41) is 0. The molecule has 2 heteroatoms. The standard InChI is InChI=1S/C9H13FO/c1-8(2)5-4-7(11)9(3,10)6-8/h4-5H,6H2,1-3H3. The van der Waals surface area contributed by atoms with Crippen molar-refractivity contribution in [3.63, 3.8) is 0 Å². The van der Waals surface area contributed by atoms with Gasteiger partial charge in [-0.1, -0.05) is 19.9 Å². The Morgan fingerprint density at radius 2 is 2.00 bits per heavy atom. The molecule has 0 aliphatic heterocycles. The molecule has 0 spiro atoms. The van der Waals surface area contributed by atoms with Crippen molar-refractivity contribution in [3.05, 3.63) is 12.2 Å². The van der Waals surface area contributed by atoms with Crippen molar-refractivity contribution in [3.8, 4) is 0 Å². The highest BCUT2D eigenvalue weighted by atomic mass is 19.1. The van der Waals surface area contributed by atoms with Gasteiger partial charge in [-0.2, -0.15) is 0 Å². The average molecular weight is 156 g/mol. The number of ketones is 1. The van der Waals surface area contributed by atoms with Crippen LogP contribution in [0.25, 0.3) is 0 Å². The highest BCUT2D eigenvalue weighted by Gasteiger charge is 2.39. The van der Waals surface area contributed by atoms with E-state index in [1.807, 2.05) is 13.8 Å². The normalized spacial score (nSPS) is 35.8. The fourth-order valence-corrected chi connectivity index (χ4v) is 1.48. The van der Waals surface area contributed by atoms with E-state index in [0.717, 1.165) is 0 Å². The molecule has 0 aromatic carbocycles. The Hall–Kier alpha value is -0.660. The quantitative estimate of drug-likeness (QED) is 0.525. The van der Waals surface area contributed by atoms with Gasteiger partial charge < -0.3 is 0 Å². The first kappa shape index (κ1) is 8.44. The molecule has 1 unspecified atom stereocenters. The van der Waals surface area contributed by atoms with E-state index in [4.69, 9.17) is 0 Å². The second kappa shape index (κ2) is 2.16. The minimum absolute atomic E-state index is 0.183. The molecule has 0 saturated heterocycles. The molecule has 0 bridgehead atoms. The molecule has 0 amide bonds. The number of rotatable bonds is 0. The van der Waals surface area contributed by atoms with Gasteiger partial charge in [0.25, 0.3) is 0 Å². The number of carbonyl (C=O) groups excluding carboxylic acids is 1. The summed E-state index contributed by atoms with van der Waals surface area (Å²) < 4.78 is 13.4. The summed E-state index contributed by atoms with van der Waals surface area (Å²) in [6.07, 6.45) is 3.41. The molecule has 1 atom stereocenters. The van der Waals surface area contributed by atoms with Crippen LogP contribution in [0.1, 0.15) is 27.2 Å². The van der Waals surface area contributed by atoms with Crippen LogP contribution in [0.3, 0.4) is 0 Å². The van der Waals surface area contributed by atoms with E-state index in [1.165, 1.54) is 13.0 Å². The van der Waals surface area contributed by atoms with Crippen molar-refractivity contribution in [1.29, 1.82) is 0 Å². The molecule has 1 nitrogen and oxygen atoms in total. The number of allylic oxidation sites excluding steroid dienone is 2. The molecular weight excluding hydrogens is 143 g/mol. The summed E-state index contributed by atoms with van der Waals surface area (Å²) in [5.41, 5.74) is -1.84. The molecule has 1 rings (SSSR count). The van der Waals surface area contributed by atoms with Crippen molar-refractivity contribution in [2.45, 2.75) is 32.9 Å². The monoisotopic (exact) mass is 156 g/mol. The van der Waals surface area contributed by atoms with Crippen molar-refractivity contribution < 1.29 is 9.18 Å². The minimum atomic E-state index is -1.65. The van der Waals surface area contributed by atoms with Crippen LogP contribution < -0.4 is 0 Å². The van der Waals surface area contributed by atoms with E-state index in [-0.39, 0.29) is 11.8 Å². The van der Waals surface area contributed by atoms with E-state index < -0.39 is 11.5 Å². The SMILES string of the molecule is CC1(C)C=CC(=O)C(C)(F)C1. The summed E-state index contributed by atoms with van der Waals surface area (Å²) in [7, 11) is 0. The third-order valence-corrected chi connectivity index (χ3v) is 1.99. The highest BCUT2D eigenvalue weighted by Crippen LogP contribution is 2.36. The number of carbonyl (C=O) groups is 1. The van der Waals surface area contributed by atoms with Crippen LogP contribution in [0, 0.1) is 5.41 Å². The second-order valence-corrected chi connectivity index (χ2v) is 4.06. The second-order valence-electron chi connectivity index (χ2n) is 4.06. The Morgan fingerprint density at radius 3 is 2.36 bits per heavy atom. The summed E-state index contributed by atoms with van der Waals surface area (Å²) in [6.45, 7) is 5.20. The Kier molecular flexibility index (Phi) is 1.66. The van der Waals surface area contributed by atoms with Gasteiger partial charge in [-0.05, 0) is 24.8 Å². The lowest BCUT2D eigenvalue weighted by Gasteiger charge is -2.31. The van der Waals surface area contributed by atoms with E-state index >= 15 is 0 Å². The van der Waals surface area contributed by atoms with Crippen LogP contribution in [0.5, 0.6) is 0 Å². The lowest BCUT2D eigenvalue weighted by atomic mass is 9.75. The third kappa shape index (κ3) is 1.67. The Morgan fingerprint density at radius 1 is 1.45 bits per heavy atom. The Labute approximate surface area is 66.3 Å². The van der Waals surface area contributed by atoms with Crippen molar-refractivity contribution in [2.24, 2.45) is 5.41 Å². The van der Waals surface area contributed by atoms with Crippen LogP contribution in [0.2, 0.25) is 0 Å². The minimum Gasteiger partial charge on any atom is -0.291 e. The fourth-order valence-electron chi connectivity index (χ4n) is 1.48. The van der Waals surface area contributed by atoms with Crippen LogP contribution in [0.4, 0.5) is 4.39 Å². The van der Waals surface area contributed by atoms with Crippen LogP contribution in [-0.2, 0) is 4.79 Å². The summed E-state index contributed by atoms with van der Waals surface area (Å²) in [5.74, 6) is -0.406. The number of hydrogen-bond donors (Lipinski definition) is 0. The molecule has 62 valence electrons. The lowest BCUT2D eigenvalue weighted by molar-refractivity contribution is -0.127. The van der Waals surface area contributed by atoms with E-state index in [0.29, 0.717) is 0 Å². The van der Waals surface area contributed by atoms with Gasteiger partial charge in [0.15, 0.2) is 11.5 Å². The zero-order chi connectivity index (χ0) is 8.70. The summed E-state index contributed by atoms with van der Waals surface area (Å²) in [6, 6.07) is 0. The zero-order valence-corrected chi connectivity index (χ0v) is 7.15. The van der Waals surface area contributed by atoms with Gasteiger partial charge >= 0.3 is 0 Å². The molecule has 1 aliphatic rings. The largest absolute Gasteiger partial charge is 0.291 e. The summed E-state index contributed by atoms with van der Waals surface area (Å²) in [4.78, 5) is 10.9. The predicted octanol–water partition coefficient (Wildman–Crippen LogP) is 2.27. The topological polar surface area (TPSA) is 17.1 Å². The van der Waals surface area contributed by atoms with Crippen molar-refractivity contribution >= 4 is 5.78 Å². The molecule has 11 heavy (non-hydrogen) atoms. The molecule has 1 aliphatic carbocycles. The number of halogens is 1. The van der Waals surface area contributed by atoms with E-state index in [2.05, 4.69) is 0 Å². The number of hydrogen-bond acceptors (Lipinski definition) is 1. The predicted molar refractivity (Wildman–Crippen MR) is 42.1 cm³/mol. The molecule has 0 radical (unpaired) electrons. The maximum atomic E-state index is 13.4. The Bertz CT molecular complexity index is 214. The highest BCUT2D eigenvalue weighted by molar-refractivity contribution is 5.97. The van der Waals surface area contributed by atoms with Crippen LogP contribution >= 0.6 is 0 Å². The van der Waals surface area contributed by atoms with Crippen molar-refractivity contribution in [1.82, 2.24) is 0 Å². The first-order valence-corrected chi connectivity index (χ1v) is 3.76. The first-order valence-electron chi connectivity index (χ1n) is 3.76. The molecule has 0 N–H and O–H groups in total. The van der Waals surface area contributed by atoms with Gasteiger partial charge in [0.2, 0.25) is 0 Å².